The van der Waals surface area contributed by atoms with Gasteiger partial charge in [0.2, 0.25) is 10.0 Å². The van der Waals surface area contributed by atoms with E-state index in [2.05, 4.69) is 5.32 Å². The molecule has 0 unspecified atom stereocenters. The lowest BCUT2D eigenvalue weighted by Gasteiger charge is -2.24. The van der Waals surface area contributed by atoms with Crippen LogP contribution in [0, 0.1) is 6.92 Å². The highest BCUT2D eigenvalue weighted by Crippen LogP contribution is 2.25. The smallest absolute Gasteiger partial charge is 0.251 e. The maximum absolute atomic E-state index is 12.8. The third-order valence-corrected chi connectivity index (χ3v) is 6.45. The summed E-state index contributed by atoms with van der Waals surface area (Å²) in [7, 11) is -3.52. The Kier molecular flexibility index (Phi) is 5.20. The minimum absolute atomic E-state index is 0.177. The van der Waals surface area contributed by atoms with Gasteiger partial charge in [-0.05, 0) is 44.0 Å². The van der Waals surface area contributed by atoms with Crippen molar-refractivity contribution in [2.24, 2.45) is 0 Å². The molecule has 25 heavy (non-hydrogen) atoms. The van der Waals surface area contributed by atoms with Crippen LogP contribution < -0.4 is 5.32 Å². The number of nitrogens with one attached hydrogen (secondary N) is 1. The number of hydrogen-bond acceptors (Lipinski definition) is 3. The minimum atomic E-state index is -3.52. The molecule has 0 radical (unpaired) electrons. The number of benzene rings is 2. The molecule has 5 nitrogen and oxygen atoms in total. The number of amides is 1. The van der Waals surface area contributed by atoms with Gasteiger partial charge in [-0.15, -0.1) is 0 Å². The first-order valence-corrected chi connectivity index (χ1v) is 9.84. The first-order chi connectivity index (χ1) is 12.0. The van der Waals surface area contributed by atoms with E-state index >= 15 is 0 Å². The van der Waals surface area contributed by atoms with E-state index in [1.807, 2.05) is 19.1 Å². The third kappa shape index (κ3) is 3.91. The van der Waals surface area contributed by atoms with Crippen LogP contribution in [0.25, 0.3) is 0 Å². The van der Waals surface area contributed by atoms with Crippen LogP contribution in [0.1, 0.15) is 28.8 Å². The standard InChI is InChI=1S/C19H22N2O3S/c1-15-9-11-16(12-10-15)19(22)20-14-17-6-5-13-21(17)25(23,24)18-7-3-2-4-8-18/h2-4,7-12,17H,5-6,13-14H2,1H3,(H,20,22)/t17-/m1/s1. The molecule has 0 spiro atoms. The van der Waals surface area contributed by atoms with E-state index in [1.54, 1.807) is 42.5 Å². The van der Waals surface area contributed by atoms with Crippen molar-refractivity contribution in [1.82, 2.24) is 9.62 Å². The molecule has 0 bridgehead atoms. The average molecular weight is 358 g/mol. The predicted molar refractivity (Wildman–Crippen MR) is 96.9 cm³/mol. The van der Waals surface area contributed by atoms with Gasteiger partial charge in [-0.1, -0.05) is 35.9 Å². The molecule has 0 saturated carbocycles. The summed E-state index contributed by atoms with van der Waals surface area (Å²) in [5.41, 5.74) is 1.67. The number of carbonyl (C=O) groups is 1. The Balaban J connectivity index is 1.68. The molecule has 1 aliphatic heterocycles. The zero-order chi connectivity index (χ0) is 17.9. The molecule has 1 amide bonds. The van der Waals surface area contributed by atoms with Crippen LogP contribution in [0.5, 0.6) is 0 Å². The second kappa shape index (κ2) is 7.37. The molecule has 0 aromatic heterocycles. The highest BCUT2D eigenvalue weighted by molar-refractivity contribution is 7.89. The Morgan fingerprint density at radius 2 is 1.80 bits per heavy atom. The third-order valence-electron chi connectivity index (χ3n) is 4.48. The highest BCUT2D eigenvalue weighted by atomic mass is 32.2. The quantitative estimate of drug-likeness (QED) is 0.893. The number of carbonyl (C=O) groups excluding carboxylic acids is 1. The van der Waals surface area contributed by atoms with Crippen LogP contribution in [-0.2, 0) is 10.0 Å². The Morgan fingerprint density at radius 3 is 2.48 bits per heavy atom. The largest absolute Gasteiger partial charge is 0.350 e. The summed E-state index contributed by atoms with van der Waals surface area (Å²) in [6.45, 7) is 2.77. The number of sulfonamides is 1. The summed E-state index contributed by atoms with van der Waals surface area (Å²) >= 11 is 0. The van der Waals surface area contributed by atoms with Crippen molar-refractivity contribution < 1.29 is 13.2 Å². The molecular formula is C19H22N2O3S. The van der Waals surface area contributed by atoms with Crippen LogP contribution in [0.3, 0.4) is 0 Å². The second-order valence-corrected chi connectivity index (χ2v) is 8.19. The van der Waals surface area contributed by atoms with Crippen molar-refractivity contribution in [2.45, 2.75) is 30.7 Å². The summed E-state index contributed by atoms with van der Waals surface area (Å²) < 4.78 is 27.1. The van der Waals surface area contributed by atoms with E-state index in [0.29, 0.717) is 23.5 Å². The van der Waals surface area contributed by atoms with Crippen LogP contribution in [0.2, 0.25) is 0 Å². The minimum Gasteiger partial charge on any atom is -0.350 e. The summed E-state index contributed by atoms with van der Waals surface area (Å²) in [5, 5.41) is 2.87. The van der Waals surface area contributed by atoms with Crippen LogP contribution >= 0.6 is 0 Å². The molecule has 3 rings (SSSR count). The fourth-order valence-corrected chi connectivity index (χ4v) is 4.79. The topological polar surface area (TPSA) is 66.5 Å². The number of rotatable bonds is 5. The van der Waals surface area contributed by atoms with Gasteiger partial charge in [-0.2, -0.15) is 4.31 Å². The van der Waals surface area contributed by atoms with Crippen molar-refractivity contribution in [3.63, 3.8) is 0 Å². The van der Waals surface area contributed by atoms with Crippen molar-refractivity contribution in [1.29, 1.82) is 0 Å². The van der Waals surface area contributed by atoms with Gasteiger partial charge in [0.1, 0.15) is 0 Å². The summed E-state index contributed by atoms with van der Waals surface area (Å²) in [5.74, 6) is -0.177. The Labute approximate surface area is 148 Å². The van der Waals surface area contributed by atoms with Gasteiger partial charge in [-0.3, -0.25) is 4.79 Å². The van der Waals surface area contributed by atoms with Crippen molar-refractivity contribution in [3.8, 4) is 0 Å². The van der Waals surface area contributed by atoms with Gasteiger partial charge in [-0.25, -0.2) is 8.42 Å². The van der Waals surface area contributed by atoms with Gasteiger partial charge in [0.25, 0.3) is 5.91 Å². The maximum Gasteiger partial charge on any atom is 0.251 e. The van der Waals surface area contributed by atoms with Gasteiger partial charge >= 0.3 is 0 Å². The van der Waals surface area contributed by atoms with Crippen LogP contribution in [-0.4, -0.2) is 37.8 Å². The lowest BCUT2D eigenvalue weighted by atomic mass is 10.1. The molecule has 1 fully saturated rings. The van der Waals surface area contributed by atoms with Crippen molar-refractivity contribution >= 4 is 15.9 Å². The summed E-state index contributed by atoms with van der Waals surface area (Å²) in [4.78, 5) is 12.6. The lowest BCUT2D eigenvalue weighted by molar-refractivity contribution is 0.0946. The second-order valence-electron chi connectivity index (χ2n) is 6.30. The van der Waals surface area contributed by atoms with Crippen LogP contribution in [0.4, 0.5) is 0 Å². The normalized spacial score (nSPS) is 18.2. The molecule has 1 aliphatic rings. The fraction of sp³-hybridized carbons (Fsp3) is 0.316. The number of nitrogens with zero attached hydrogens (tertiary/aromatic N) is 1. The molecule has 1 N–H and O–H groups in total. The molecule has 2 aromatic rings. The monoisotopic (exact) mass is 358 g/mol. The fourth-order valence-electron chi connectivity index (χ4n) is 3.07. The molecule has 132 valence electrons. The van der Waals surface area contributed by atoms with Gasteiger partial charge in [0, 0.05) is 24.7 Å². The Morgan fingerprint density at radius 1 is 1.12 bits per heavy atom. The highest BCUT2D eigenvalue weighted by Gasteiger charge is 2.35. The van der Waals surface area contributed by atoms with Gasteiger partial charge < -0.3 is 5.32 Å². The zero-order valence-corrected chi connectivity index (χ0v) is 15.0. The molecule has 1 heterocycles. The van der Waals surface area contributed by atoms with E-state index in [-0.39, 0.29) is 11.9 Å². The first-order valence-electron chi connectivity index (χ1n) is 8.40. The molecule has 6 heteroatoms. The SMILES string of the molecule is Cc1ccc(C(=O)NC[C@H]2CCCN2S(=O)(=O)c2ccccc2)cc1. The van der Waals surface area contributed by atoms with E-state index in [4.69, 9.17) is 0 Å². The Bertz CT molecular complexity index is 833. The van der Waals surface area contributed by atoms with Crippen molar-refractivity contribution in [2.75, 3.05) is 13.1 Å². The molecular weight excluding hydrogens is 336 g/mol. The van der Waals surface area contributed by atoms with E-state index < -0.39 is 10.0 Å². The number of aryl methyl sites for hydroxylation is 1. The average Bonchev–Trinajstić information content (AvgIpc) is 3.10. The van der Waals surface area contributed by atoms with Gasteiger partial charge in [0.15, 0.2) is 0 Å². The van der Waals surface area contributed by atoms with Gasteiger partial charge in [0.05, 0.1) is 4.90 Å². The first kappa shape index (κ1) is 17.6. The van der Waals surface area contributed by atoms with E-state index in [0.717, 1.165) is 18.4 Å². The van der Waals surface area contributed by atoms with Crippen molar-refractivity contribution in [3.05, 3.63) is 65.7 Å². The Hall–Kier alpha value is -2.18. The number of hydrogen-bond donors (Lipinski definition) is 1. The zero-order valence-electron chi connectivity index (χ0n) is 14.2. The lowest BCUT2D eigenvalue weighted by Crippen LogP contribution is -2.43. The van der Waals surface area contributed by atoms with E-state index in [9.17, 15) is 13.2 Å². The molecule has 0 aliphatic carbocycles. The van der Waals surface area contributed by atoms with Crippen LogP contribution in [0.15, 0.2) is 59.5 Å². The summed E-state index contributed by atoms with van der Waals surface area (Å²) in [6, 6.07) is 15.6. The maximum atomic E-state index is 12.8. The predicted octanol–water partition coefficient (Wildman–Crippen LogP) is 2.58. The molecule has 2 aromatic carbocycles. The summed E-state index contributed by atoms with van der Waals surface area (Å²) in [6.07, 6.45) is 1.55. The van der Waals surface area contributed by atoms with E-state index in [1.165, 1.54) is 4.31 Å². The molecule has 1 saturated heterocycles. The molecule has 1 atom stereocenters.